The van der Waals surface area contributed by atoms with Crippen molar-refractivity contribution in [3.05, 3.63) is 123 Å². The van der Waals surface area contributed by atoms with Crippen molar-refractivity contribution in [3.63, 3.8) is 0 Å². The number of nitro benzene ring substituents is 1. The number of fused-ring (bicyclic) bond motifs is 1. The van der Waals surface area contributed by atoms with Crippen LogP contribution in [0.2, 0.25) is 0 Å². The monoisotopic (exact) mass is 552 g/mol. The molecule has 0 aliphatic carbocycles. The molecule has 1 heterocycles. The minimum atomic E-state index is -0.450. The lowest BCUT2D eigenvalue weighted by molar-refractivity contribution is -0.384. The van der Waals surface area contributed by atoms with E-state index in [1.165, 1.54) is 12.1 Å². The highest BCUT2D eigenvalue weighted by atomic mass is 31.0. The molecule has 8 nitrogen and oxygen atoms in total. The highest BCUT2D eigenvalue weighted by molar-refractivity contribution is 7.27. The molecular weight excluding hydrogens is 523 g/mol. The van der Waals surface area contributed by atoms with Crippen molar-refractivity contribution in [1.82, 2.24) is 5.32 Å². The molecule has 5 rings (SSSR count). The number of aryl methyl sites for hydroxylation is 1. The van der Waals surface area contributed by atoms with E-state index in [0.717, 1.165) is 64.7 Å². The third-order valence-electron chi connectivity index (χ3n) is 7.17. The van der Waals surface area contributed by atoms with Gasteiger partial charge in [0, 0.05) is 48.6 Å². The smallest absolute Gasteiger partial charge is 0.269 e. The van der Waals surface area contributed by atoms with E-state index in [1.54, 1.807) is 24.3 Å². The minimum absolute atomic E-state index is 0.0208. The first-order valence-electron chi connectivity index (χ1n) is 13.0. The first-order valence-corrected chi connectivity index (χ1v) is 13.5. The quantitative estimate of drug-likeness (QED) is 0.186. The van der Waals surface area contributed by atoms with Crippen molar-refractivity contribution in [2.75, 3.05) is 11.4 Å². The van der Waals surface area contributed by atoms with Crippen molar-refractivity contribution in [3.8, 4) is 11.1 Å². The molecule has 2 amide bonds. The molecule has 202 valence electrons. The number of non-ortho nitro benzene ring substituents is 1. The first kappa shape index (κ1) is 27.0. The summed E-state index contributed by atoms with van der Waals surface area (Å²) in [6.07, 6.45) is 1.88. The predicted octanol–water partition coefficient (Wildman–Crippen LogP) is 4.74. The molecule has 1 atom stereocenters. The largest absolute Gasteiger partial charge is 0.367 e. The zero-order chi connectivity index (χ0) is 28.2. The molecule has 0 bridgehead atoms. The van der Waals surface area contributed by atoms with Crippen LogP contribution in [0.5, 0.6) is 0 Å². The van der Waals surface area contributed by atoms with Crippen LogP contribution >= 0.6 is 9.24 Å². The molecule has 1 aliphatic heterocycles. The van der Waals surface area contributed by atoms with Crippen LogP contribution in [-0.4, -0.2) is 23.3 Å². The molecule has 3 N–H and O–H groups in total. The van der Waals surface area contributed by atoms with Crippen molar-refractivity contribution >= 4 is 37.7 Å². The average molecular weight is 553 g/mol. The van der Waals surface area contributed by atoms with Gasteiger partial charge in [0.2, 0.25) is 5.91 Å². The lowest BCUT2D eigenvalue weighted by atomic mass is 9.96. The SMILES string of the molecule is NC(=O)c1ccccc1-c1ccc(CN2CCCc3cc(C(=O)NCc4ccc([N+](=O)[O-])cc4)ccc32)c(P)c1. The molecule has 4 aromatic carbocycles. The lowest BCUT2D eigenvalue weighted by Crippen LogP contribution is -2.30. The third kappa shape index (κ3) is 5.87. The molecule has 0 saturated heterocycles. The van der Waals surface area contributed by atoms with Crippen molar-refractivity contribution < 1.29 is 14.5 Å². The van der Waals surface area contributed by atoms with Crippen molar-refractivity contribution in [1.29, 1.82) is 0 Å². The van der Waals surface area contributed by atoms with Crippen LogP contribution in [0.1, 0.15) is 43.8 Å². The number of amides is 2. The maximum atomic E-state index is 12.8. The minimum Gasteiger partial charge on any atom is -0.367 e. The predicted molar refractivity (Wildman–Crippen MR) is 160 cm³/mol. The lowest BCUT2D eigenvalue weighted by Gasteiger charge is -2.32. The summed E-state index contributed by atoms with van der Waals surface area (Å²) in [5, 5.41) is 14.8. The number of rotatable bonds is 8. The van der Waals surface area contributed by atoms with E-state index in [9.17, 15) is 19.7 Å². The van der Waals surface area contributed by atoms with Gasteiger partial charge in [0.15, 0.2) is 0 Å². The summed E-state index contributed by atoms with van der Waals surface area (Å²) < 4.78 is 0. The molecule has 0 radical (unpaired) electrons. The van der Waals surface area contributed by atoms with E-state index < -0.39 is 10.8 Å². The highest BCUT2D eigenvalue weighted by Crippen LogP contribution is 2.30. The number of benzene rings is 4. The number of hydrogen-bond donors (Lipinski definition) is 2. The molecule has 0 spiro atoms. The topological polar surface area (TPSA) is 119 Å². The standard InChI is InChI=1S/C31H29N4O4P/c32-30(36)27-6-2-1-5-26(27)21-9-10-24(29(40)17-21)19-34-15-3-4-22-16-23(11-14-28(22)34)31(37)33-18-20-7-12-25(13-8-20)35(38)39/h1-2,5-14,16-17H,3-4,15,18-19,40H2,(H2,32,36)(H,33,37). The number of nitrogens with two attached hydrogens (primary N) is 1. The van der Waals surface area contributed by atoms with E-state index in [2.05, 4.69) is 31.6 Å². The van der Waals surface area contributed by atoms with Crippen molar-refractivity contribution in [2.24, 2.45) is 5.73 Å². The van der Waals surface area contributed by atoms with Gasteiger partial charge in [-0.25, -0.2) is 0 Å². The summed E-state index contributed by atoms with van der Waals surface area (Å²) in [6, 6.07) is 25.5. The van der Waals surface area contributed by atoms with Crippen LogP contribution in [0.25, 0.3) is 11.1 Å². The number of nitrogens with zero attached hydrogens (tertiary/aromatic N) is 2. The van der Waals surface area contributed by atoms with Gasteiger partial charge in [0.25, 0.3) is 11.6 Å². The maximum Gasteiger partial charge on any atom is 0.269 e. The second-order valence-electron chi connectivity index (χ2n) is 9.80. The third-order valence-corrected chi connectivity index (χ3v) is 7.70. The number of primary amides is 1. The van der Waals surface area contributed by atoms with Gasteiger partial charge >= 0.3 is 0 Å². The Morgan fingerprint density at radius 3 is 2.50 bits per heavy atom. The van der Waals surface area contributed by atoms with Gasteiger partial charge in [-0.3, -0.25) is 19.7 Å². The number of nitro groups is 1. The molecule has 9 heteroatoms. The molecule has 4 aromatic rings. The fraction of sp³-hybridized carbons (Fsp3) is 0.161. The Hall–Kier alpha value is -4.55. The Labute approximate surface area is 234 Å². The Kier molecular flexibility index (Phi) is 7.89. The summed E-state index contributed by atoms with van der Waals surface area (Å²) in [4.78, 5) is 37.5. The van der Waals surface area contributed by atoms with Crippen LogP contribution in [0.15, 0.2) is 84.9 Å². The first-order chi connectivity index (χ1) is 19.3. The molecule has 40 heavy (non-hydrogen) atoms. The van der Waals surface area contributed by atoms with E-state index in [-0.39, 0.29) is 18.1 Å². The Morgan fingerprint density at radius 1 is 1.00 bits per heavy atom. The normalized spacial score (nSPS) is 12.5. The Bertz CT molecular complexity index is 1600. The zero-order valence-corrected chi connectivity index (χ0v) is 23.0. The number of carbonyl (C=O) groups is 2. The Morgan fingerprint density at radius 2 is 1.77 bits per heavy atom. The van der Waals surface area contributed by atoms with Gasteiger partial charge in [0.05, 0.1) is 4.92 Å². The van der Waals surface area contributed by atoms with Crippen LogP contribution in [0, 0.1) is 10.1 Å². The summed E-state index contributed by atoms with van der Waals surface area (Å²) in [5.74, 6) is -0.633. The zero-order valence-electron chi connectivity index (χ0n) is 21.8. The van der Waals surface area contributed by atoms with E-state index >= 15 is 0 Å². The van der Waals surface area contributed by atoms with E-state index in [4.69, 9.17) is 5.73 Å². The summed E-state index contributed by atoms with van der Waals surface area (Å²) in [7, 11) is 2.81. The van der Waals surface area contributed by atoms with Gasteiger partial charge in [-0.05, 0) is 76.3 Å². The average Bonchev–Trinajstić information content (AvgIpc) is 2.97. The maximum absolute atomic E-state index is 12.8. The van der Waals surface area contributed by atoms with E-state index in [1.807, 2.05) is 36.4 Å². The molecule has 1 unspecified atom stereocenters. The molecule has 0 aromatic heterocycles. The van der Waals surface area contributed by atoms with Gasteiger partial charge in [-0.2, -0.15) is 0 Å². The molecular formula is C31H29N4O4P. The van der Waals surface area contributed by atoms with Crippen LogP contribution in [0.3, 0.4) is 0 Å². The summed E-state index contributed by atoms with van der Waals surface area (Å²) in [5.41, 5.74) is 12.6. The highest BCUT2D eigenvalue weighted by Gasteiger charge is 2.20. The van der Waals surface area contributed by atoms with Gasteiger partial charge in [-0.15, -0.1) is 9.24 Å². The summed E-state index contributed by atoms with van der Waals surface area (Å²) in [6.45, 7) is 1.92. The fourth-order valence-electron chi connectivity index (χ4n) is 5.06. The number of anilines is 1. The Balaban J connectivity index is 1.28. The van der Waals surface area contributed by atoms with Gasteiger partial charge in [-0.1, -0.05) is 42.5 Å². The second-order valence-corrected chi connectivity index (χ2v) is 10.4. The summed E-state index contributed by atoms with van der Waals surface area (Å²) >= 11 is 0. The van der Waals surface area contributed by atoms with Crippen LogP contribution < -0.4 is 21.3 Å². The van der Waals surface area contributed by atoms with Crippen molar-refractivity contribution in [2.45, 2.75) is 25.9 Å². The second kappa shape index (κ2) is 11.7. The van der Waals surface area contributed by atoms with Gasteiger partial charge in [0.1, 0.15) is 0 Å². The number of carbonyl (C=O) groups excluding carboxylic acids is 2. The number of nitrogens with one attached hydrogen (secondary N) is 1. The van der Waals surface area contributed by atoms with E-state index in [0.29, 0.717) is 11.1 Å². The number of hydrogen-bond acceptors (Lipinski definition) is 5. The van der Waals surface area contributed by atoms with Crippen LogP contribution in [-0.2, 0) is 19.5 Å². The molecule has 0 saturated carbocycles. The molecule has 1 aliphatic rings. The fourth-order valence-corrected chi connectivity index (χ4v) is 5.43. The van der Waals surface area contributed by atoms with Crippen LogP contribution in [0.4, 0.5) is 11.4 Å². The van der Waals surface area contributed by atoms with Gasteiger partial charge < -0.3 is 16.0 Å². The molecule has 0 fully saturated rings.